The predicted molar refractivity (Wildman–Crippen MR) is 71.6 cm³/mol. The van der Waals surface area contributed by atoms with E-state index in [0.29, 0.717) is 6.54 Å². The normalized spacial score (nSPS) is 23.4. The summed E-state index contributed by atoms with van der Waals surface area (Å²) in [7, 11) is 0. The number of nitrogens with zero attached hydrogens (tertiary/aromatic N) is 3. The molecule has 1 fully saturated rings. The summed E-state index contributed by atoms with van der Waals surface area (Å²) in [6, 6.07) is 7.81. The molecular formula is C12H12ClN3OS. The van der Waals surface area contributed by atoms with Gasteiger partial charge in [0.15, 0.2) is 4.93 Å². The first-order valence-corrected chi connectivity index (χ1v) is 7.03. The van der Waals surface area contributed by atoms with Crippen LogP contribution in [0.15, 0.2) is 36.7 Å². The molecule has 6 heteroatoms. The van der Waals surface area contributed by atoms with Crippen molar-refractivity contribution in [2.24, 2.45) is 0 Å². The molecule has 0 amide bonds. The largest absolute Gasteiger partial charge is 0.357 e. The van der Waals surface area contributed by atoms with E-state index in [1.807, 2.05) is 30.5 Å². The van der Waals surface area contributed by atoms with Gasteiger partial charge < -0.3 is 4.74 Å². The van der Waals surface area contributed by atoms with Crippen LogP contribution < -0.4 is 0 Å². The lowest BCUT2D eigenvalue weighted by Gasteiger charge is -2.27. The highest BCUT2D eigenvalue weighted by atomic mass is 35.5. The molecule has 0 spiro atoms. The summed E-state index contributed by atoms with van der Waals surface area (Å²) < 4.78 is 7.77. The van der Waals surface area contributed by atoms with Crippen molar-refractivity contribution in [3.8, 4) is 0 Å². The summed E-state index contributed by atoms with van der Waals surface area (Å²) in [5.41, 5.74) is 1.12. The van der Waals surface area contributed by atoms with Crippen LogP contribution in [0.1, 0.15) is 5.56 Å². The van der Waals surface area contributed by atoms with Crippen molar-refractivity contribution in [1.29, 1.82) is 0 Å². The van der Waals surface area contributed by atoms with Crippen LogP contribution in [0, 0.1) is 0 Å². The van der Waals surface area contributed by atoms with Crippen molar-refractivity contribution in [1.82, 2.24) is 15.0 Å². The van der Waals surface area contributed by atoms with Crippen molar-refractivity contribution in [2.75, 3.05) is 12.4 Å². The molecule has 0 aliphatic carbocycles. The zero-order valence-electron chi connectivity index (χ0n) is 9.62. The smallest absolute Gasteiger partial charge is 0.158 e. The standard InChI is InChI=1S/C12H12ClN3OS/c13-11-3-1-10(2-4-11)12(17-7-8-18-12)9-16-6-5-14-15-16/h1-6H,7-9H2. The third kappa shape index (κ3) is 2.25. The second-order valence-electron chi connectivity index (χ2n) is 4.06. The molecule has 1 unspecified atom stereocenters. The Hall–Kier alpha value is -1.04. The minimum absolute atomic E-state index is 0.377. The maximum absolute atomic E-state index is 5.97. The van der Waals surface area contributed by atoms with E-state index in [4.69, 9.17) is 16.3 Å². The molecule has 3 rings (SSSR count). The van der Waals surface area contributed by atoms with Gasteiger partial charge in [-0.3, -0.25) is 0 Å². The van der Waals surface area contributed by atoms with Gasteiger partial charge in [-0.05, 0) is 17.7 Å². The van der Waals surface area contributed by atoms with Crippen LogP contribution >= 0.6 is 23.4 Å². The lowest BCUT2D eigenvalue weighted by Crippen LogP contribution is -2.28. The summed E-state index contributed by atoms with van der Waals surface area (Å²) >= 11 is 7.72. The summed E-state index contributed by atoms with van der Waals surface area (Å²) in [6.07, 6.45) is 3.52. The Bertz CT molecular complexity index is 509. The van der Waals surface area contributed by atoms with Crippen molar-refractivity contribution in [3.05, 3.63) is 47.2 Å². The quantitative estimate of drug-likeness (QED) is 0.867. The summed E-state index contributed by atoms with van der Waals surface area (Å²) in [6.45, 7) is 1.40. The first-order valence-electron chi connectivity index (χ1n) is 5.67. The molecule has 18 heavy (non-hydrogen) atoms. The summed E-state index contributed by atoms with van der Waals surface area (Å²) in [5, 5.41) is 8.58. The van der Waals surface area contributed by atoms with Crippen LogP contribution in [0.3, 0.4) is 0 Å². The summed E-state index contributed by atoms with van der Waals surface area (Å²) in [4.78, 5) is -0.377. The average Bonchev–Trinajstić information content (AvgIpc) is 3.03. The SMILES string of the molecule is Clc1ccc(C2(Cn3ccnn3)OCCS2)cc1. The van der Waals surface area contributed by atoms with Crippen molar-refractivity contribution < 1.29 is 4.74 Å². The van der Waals surface area contributed by atoms with Gasteiger partial charge in [-0.25, -0.2) is 4.68 Å². The van der Waals surface area contributed by atoms with Crippen LogP contribution in [0.4, 0.5) is 0 Å². The van der Waals surface area contributed by atoms with Crippen LogP contribution in [-0.4, -0.2) is 27.4 Å². The number of rotatable bonds is 3. The zero-order valence-corrected chi connectivity index (χ0v) is 11.2. The van der Waals surface area contributed by atoms with E-state index in [-0.39, 0.29) is 4.93 Å². The fraction of sp³-hybridized carbons (Fsp3) is 0.333. The molecule has 0 N–H and O–H groups in total. The second-order valence-corrected chi connectivity index (χ2v) is 5.85. The molecule has 0 radical (unpaired) electrons. The van der Waals surface area contributed by atoms with Gasteiger partial charge in [-0.15, -0.1) is 16.9 Å². The highest BCUT2D eigenvalue weighted by Crippen LogP contribution is 2.43. The Kier molecular flexibility index (Phi) is 3.28. The second kappa shape index (κ2) is 4.91. The Morgan fingerprint density at radius 2 is 2.22 bits per heavy atom. The molecule has 1 aromatic carbocycles. The van der Waals surface area contributed by atoms with Gasteiger partial charge in [0.1, 0.15) is 0 Å². The number of aromatic nitrogens is 3. The number of benzene rings is 1. The van der Waals surface area contributed by atoms with Crippen LogP contribution in [0.2, 0.25) is 5.02 Å². The molecule has 4 nitrogen and oxygen atoms in total. The number of hydrogen-bond donors (Lipinski definition) is 0. The predicted octanol–water partition coefficient (Wildman–Crippen LogP) is 2.55. The fourth-order valence-electron chi connectivity index (χ4n) is 2.04. The molecule has 1 aliphatic heterocycles. The van der Waals surface area contributed by atoms with Gasteiger partial charge >= 0.3 is 0 Å². The Morgan fingerprint density at radius 1 is 1.39 bits per heavy atom. The Balaban J connectivity index is 1.93. The van der Waals surface area contributed by atoms with Crippen LogP contribution in [0.5, 0.6) is 0 Å². The molecular weight excluding hydrogens is 270 g/mol. The van der Waals surface area contributed by atoms with Crippen LogP contribution in [-0.2, 0) is 16.2 Å². The molecule has 1 aliphatic rings. The van der Waals surface area contributed by atoms with Gasteiger partial charge in [-0.2, -0.15) is 0 Å². The van der Waals surface area contributed by atoms with Gasteiger partial charge in [-0.1, -0.05) is 28.9 Å². The van der Waals surface area contributed by atoms with Crippen LogP contribution in [0.25, 0.3) is 0 Å². The van der Waals surface area contributed by atoms with E-state index in [1.54, 1.807) is 22.6 Å². The number of thioether (sulfide) groups is 1. The molecule has 1 saturated heterocycles. The maximum Gasteiger partial charge on any atom is 0.158 e. The van der Waals surface area contributed by atoms with Crippen molar-refractivity contribution in [3.63, 3.8) is 0 Å². The molecule has 0 bridgehead atoms. The van der Waals surface area contributed by atoms with Gasteiger partial charge in [0.2, 0.25) is 0 Å². The minimum Gasteiger partial charge on any atom is -0.357 e. The third-order valence-corrected chi connectivity index (χ3v) is 4.45. The molecule has 2 aromatic rings. The van der Waals surface area contributed by atoms with Crippen molar-refractivity contribution >= 4 is 23.4 Å². The third-order valence-electron chi connectivity index (χ3n) is 2.88. The molecule has 1 aromatic heterocycles. The first kappa shape index (κ1) is 12.0. The minimum atomic E-state index is -0.377. The summed E-state index contributed by atoms with van der Waals surface area (Å²) in [5.74, 6) is 0.983. The van der Waals surface area contributed by atoms with Crippen molar-refractivity contribution in [2.45, 2.75) is 11.5 Å². The lowest BCUT2D eigenvalue weighted by atomic mass is 10.1. The monoisotopic (exact) mass is 281 g/mol. The van der Waals surface area contributed by atoms with E-state index < -0.39 is 0 Å². The molecule has 0 saturated carbocycles. The fourth-order valence-corrected chi connectivity index (χ4v) is 3.35. The average molecular weight is 282 g/mol. The topological polar surface area (TPSA) is 39.9 Å². The van der Waals surface area contributed by atoms with E-state index in [9.17, 15) is 0 Å². The number of hydrogen-bond acceptors (Lipinski definition) is 4. The Morgan fingerprint density at radius 3 is 2.83 bits per heavy atom. The first-order chi connectivity index (χ1) is 8.78. The molecule has 2 heterocycles. The lowest BCUT2D eigenvalue weighted by molar-refractivity contribution is 0.0327. The van der Waals surface area contributed by atoms with E-state index in [2.05, 4.69) is 10.3 Å². The molecule has 94 valence electrons. The maximum atomic E-state index is 5.97. The van der Waals surface area contributed by atoms with Gasteiger partial charge in [0, 0.05) is 17.0 Å². The van der Waals surface area contributed by atoms with Gasteiger partial charge in [0.25, 0.3) is 0 Å². The number of ether oxygens (including phenoxy) is 1. The molecule has 1 atom stereocenters. The highest BCUT2D eigenvalue weighted by molar-refractivity contribution is 8.00. The van der Waals surface area contributed by atoms with E-state index >= 15 is 0 Å². The van der Waals surface area contributed by atoms with E-state index in [1.165, 1.54) is 0 Å². The van der Waals surface area contributed by atoms with E-state index in [0.717, 1.165) is 22.9 Å². The number of halogens is 1. The highest BCUT2D eigenvalue weighted by Gasteiger charge is 2.38. The Labute approximate surface area is 114 Å². The zero-order chi connectivity index (χ0) is 12.4. The van der Waals surface area contributed by atoms with Gasteiger partial charge in [0.05, 0.1) is 19.3 Å².